The maximum absolute atomic E-state index is 10.9. The molecule has 0 aromatic carbocycles. The van der Waals surface area contributed by atoms with Gasteiger partial charge in [0, 0.05) is 12.3 Å². The largest absolute Gasteiger partial charge is 0.480 e. The predicted molar refractivity (Wildman–Crippen MR) is 35.1 cm³/mol. The summed E-state index contributed by atoms with van der Waals surface area (Å²) in [6, 6.07) is -3.68. The minimum absolute atomic E-state index is 2.31. The minimum atomic E-state index is -3.90. The number of carboxylic acid groups (broad SMARTS) is 1. The van der Waals surface area contributed by atoms with Gasteiger partial charge in [-0.25, -0.2) is 0 Å². The van der Waals surface area contributed by atoms with E-state index in [-0.39, 0.29) is 0 Å². The SMILES string of the molecule is [2H]C([2H])([2H])C([2H])([2H])C([2H])(C([2H])([2H])[2H])C([2H])(N)C(=O)O. The Morgan fingerprint density at radius 2 is 2.89 bits per heavy atom. The lowest BCUT2D eigenvalue weighted by Crippen LogP contribution is -2.36. The van der Waals surface area contributed by atoms with E-state index in [1.807, 2.05) is 0 Å². The van der Waals surface area contributed by atoms with E-state index in [2.05, 4.69) is 0 Å². The van der Waals surface area contributed by atoms with Crippen molar-refractivity contribution >= 4 is 5.97 Å². The molecular formula is C6H13NO2. The smallest absolute Gasteiger partial charge is 0.320 e. The fraction of sp³-hybridized carbons (Fsp3) is 0.833. The Morgan fingerprint density at radius 3 is 3.22 bits per heavy atom. The summed E-state index contributed by atoms with van der Waals surface area (Å²) in [5.74, 6) is -6.21. The number of nitrogens with two attached hydrogens (primary N) is 1. The second-order valence-electron chi connectivity index (χ2n) is 1.22. The van der Waals surface area contributed by atoms with E-state index in [1.165, 1.54) is 0 Å². The predicted octanol–water partition coefficient (Wildman–Crippen LogP) is 0.444. The molecule has 0 heterocycles. The van der Waals surface area contributed by atoms with Crippen molar-refractivity contribution in [3.8, 4) is 0 Å². The van der Waals surface area contributed by atoms with Gasteiger partial charge in [0.2, 0.25) is 0 Å². The van der Waals surface area contributed by atoms with Crippen LogP contribution in [0.15, 0.2) is 0 Å². The number of hydrogen-bond donors (Lipinski definition) is 2. The Bertz CT molecular complexity index is 371. The maximum atomic E-state index is 10.9. The first-order valence-corrected chi connectivity index (χ1v) is 1.97. The van der Waals surface area contributed by atoms with Crippen LogP contribution in [0.2, 0.25) is 0 Å². The average Bonchev–Trinajstić information content (AvgIpc) is 2.11. The van der Waals surface area contributed by atoms with Crippen LogP contribution in [0.4, 0.5) is 0 Å². The van der Waals surface area contributed by atoms with E-state index in [1.54, 1.807) is 0 Å². The summed E-state index contributed by atoms with van der Waals surface area (Å²) in [5, 5.41) is 8.74. The topological polar surface area (TPSA) is 63.3 Å². The lowest BCUT2D eigenvalue weighted by Gasteiger charge is -2.11. The molecule has 0 radical (unpaired) electrons. The Balaban J connectivity index is 6.38. The third kappa shape index (κ3) is 2.46. The van der Waals surface area contributed by atoms with Crippen LogP contribution >= 0.6 is 0 Å². The van der Waals surface area contributed by atoms with Gasteiger partial charge in [-0.1, -0.05) is 20.1 Å². The highest BCUT2D eigenvalue weighted by molar-refractivity contribution is 5.73. The monoisotopic (exact) mass is 141 g/mol. The molecule has 2 unspecified atom stereocenters. The normalized spacial score (nSPS) is 44.6. The van der Waals surface area contributed by atoms with Gasteiger partial charge in [-0.15, -0.1) is 0 Å². The molecule has 2 atom stereocenters. The summed E-state index contributed by atoms with van der Waals surface area (Å²) in [6.45, 7) is -7.40. The standard InChI is InChI=1S/C6H13NO2/c1-3-4(2)5(7)6(8)9/h4-5H,3,7H2,1-2H3,(H,8,9)/i1D3,2D3,3D2,4D,5D. The lowest BCUT2D eigenvalue weighted by atomic mass is 10.0. The molecule has 0 rings (SSSR count). The van der Waals surface area contributed by atoms with Crippen LogP contribution < -0.4 is 5.73 Å². The van der Waals surface area contributed by atoms with Crippen LogP contribution in [-0.4, -0.2) is 17.1 Å². The molecule has 0 aromatic rings. The van der Waals surface area contributed by atoms with Crippen LogP contribution in [-0.2, 0) is 4.79 Å². The first-order valence-electron chi connectivity index (χ1n) is 6.97. The molecule has 3 N–H and O–H groups in total. The van der Waals surface area contributed by atoms with Gasteiger partial charge in [-0.2, -0.15) is 0 Å². The number of carbonyl (C=O) groups is 1. The third-order valence-corrected chi connectivity index (χ3v) is 0.625. The summed E-state index contributed by atoms with van der Waals surface area (Å²) < 4.78 is 71.5. The second-order valence-corrected chi connectivity index (χ2v) is 1.22. The zero-order chi connectivity index (χ0) is 16.1. The van der Waals surface area contributed by atoms with Crippen LogP contribution in [0.25, 0.3) is 0 Å². The van der Waals surface area contributed by atoms with Gasteiger partial charge >= 0.3 is 5.97 Å². The molecule has 54 valence electrons. The van der Waals surface area contributed by atoms with Gasteiger partial charge in [0.05, 0.1) is 1.37 Å². The van der Waals surface area contributed by atoms with Crippen molar-refractivity contribution in [2.24, 2.45) is 11.6 Å². The van der Waals surface area contributed by atoms with Gasteiger partial charge in [-0.05, 0) is 5.89 Å². The van der Waals surface area contributed by atoms with E-state index >= 15 is 0 Å². The molecule has 0 amide bonds. The van der Waals surface area contributed by atoms with E-state index in [0.717, 1.165) is 0 Å². The highest BCUT2D eigenvalue weighted by atomic mass is 16.4. The second kappa shape index (κ2) is 3.45. The zero-order valence-electron chi connectivity index (χ0n) is 14.4. The van der Waals surface area contributed by atoms with E-state index in [4.69, 9.17) is 24.5 Å². The summed E-state index contributed by atoms with van der Waals surface area (Å²) in [4.78, 5) is 10.9. The zero-order valence-corrected chi connectivity index (χ0v) is 4.43. The lowest BCUT2D eigenvalue weighted by molar-refractivity contribution is -0.139. The van der Waals surface area contributed by atoms with Crippen molar-refractivity contribution in [3.05, 3.63) is 0 Å². The van der Waals surface area contributed by atoms with Crippen molar-refractivity contribution < 1.29 is 23.6 Å². The number of aliphatic carboxylic acids is 1. The highest BCUT2D eigenvalue weighted by Crippen LogP contribution is 2.04. The molecule has 0 aromatic heterocycles. The fourth-order valence-electron chi connectivity index (χ4n) is 0.174. The maximum Gasteiger partial charge on any atom is 0.320 e. The van der Waals surface area contributed by atoms with E-state index in [0.29, 0.717) is 0 Å². The first-order chi connectivity index (χ1) is 7.94. The molecule has 0 fully saturated rings. The van der Waals surface area contributed by atoms with Crippen molar-refractivity contribution in [2.75, 3.05) is 0 Å². The molecule has 3 nitrogen and oxygen atoms in total. The molecule has 0 aliphatic rings. The fourth-order valence-corrected chi connectivity index (χ4v) is 0.174. The van der Waals surface area contributed by atoms with Crippen molar-refractivity contribution in [3.63, 3.8) is 0 Å². The summed E-state index contributed by atoms with van der Waals surface area (Å²) in [6.07, 6.45) is -3.85. The number of rotatable bonds is 3. The van der Waals surface area contributed by atoms with Gasteiger partial charge < -0.3 is 10.8 Å². The highest BCUT2D eigenvalue weighted by Gasteiger charge is 2.17. The molecule has 0 aliphatic heterocycles. The third-order valence-electron chi connectivity index (χ3n) is 0.625. The molecule has 0 saturated carbocycles. The van der Waals surface area contributed by atoms with Gasteiger partial charge in [-0.3, -0.25) is 4.79 Å². The Morgan fingerprint density at radius 1 is 2.22 bits per heavy atom. The molecule has 3 heteroatoms. The van der Waals surface area contributed by atoms with E-state index in [9.17, 15) is 4.79 Å². The van der Waals surface area contributed by atoms with Crippen LogP contribution in [0, 0.1) is 5.89 Å². The van der Waals surface area contributed by atoms with Gasteiger partial charge in [0.1, 0.15) is 6.02 Å². The molecule has 0 spiro atoms. The summed E-state index contributed by atoms with van der Waals surface area (Å²) in [5.41, 5.74) is 4.94. The van der Waals surface area contributed by atoms with Crippen molar-refractivity contribution in [1.82, 2.24) is 0 Å². The minimum Gasteiger partial charge on any atom is -0.480 e. The quantitative estimate of drug-likeness (QED) is 0.599. The Hall–Kier alpha value is -0.570. The summed E-state index contributed by atoms with van der Waals surface area (Å²) >= 11 is 0. The Kier molecular flexibility index (Phi) is 0.588. The Labute approximate surface area is 68.9 Å². The average molecular weight is 141 g/mol. The number of carboxylic acids is 1. The van der Waals surface area contributed by atoms with Gasteiger partial charge in [0.15, 0.2) is 0 Å². The first kappa shape index (κ1) is 1.53. The van der Waals surface area contributed by atoms with Crippen LogP contribution in [0.1, 0.15) is 33.8 Å². The molecule has 0 saturated heterocycles. The molecule has 9 heavy (non-hydrogen) atoms. The van der Waals surface area contributed by atoms with Gasteiger partial charge in [0.25, 0.3) is 0 Å². The molecule has 0 bridgehead atoms. The molecular weight excluding hydrogens is 118 g/mol. The summed E-state index contributed by atoms with van der Waals surface area (Å²) in [7, 11) is 0. The molecule has 0 aliphatic carbocycles. The van der Waals surface area contributed by atoms with E-state index < -0.39 is 38.0 Å². The van der Waals surface area contributed by atoms with Crippen molar-refractivity contribution in [2.45, 2.75) is 26.1 Å². The van der Waals surface area contributed by atoms with Crippen LogP contribution in [0.3, 0.4) is 0 Å². The van der Waals surface area contributed by atoms with Crippen molar-refractivity contribution in [1.29, 1.82) is 0 Å². The van der Waals surface area contributed by atoms with Crippen LogP contribution in [0.5, 0.6) is 0 Å². The number of hydrogen-bond acceptors (Lipinski definition) is 2.